The molecule has 4 rings (SSSR count). The van der Waals surface area contributed by atoms with E-state index >= 15 is 0 Å². The summed E-state index contributed by atoms with van der Waals surface area (Å²) in [7, 11) is 0. The number of halogens is 2. The first kappa shape index (κ1) is 21.0. The van der Waals surface area contributed by atoms with Crippen molar-refractivity contribution >= 4 is 35.2 Å². The van der Waals surface area contributed by atoms with Gasteiger partial charge in [-0.3, -0.25) is 15.0 Å². The van der Waals surface area contributed by atoms with Crippen molar-refractivity contribution in [2.24, 2.45) is 0 Å². The van der Waals surface area contributed by atoms with Crippen molar-refractivity contribution in [3.8, 4) is 17.2 Å². The lowest BCUT2D eigenvalue weighted by Gasteiger charge is -2.25. The molecule has 0 saturated carbocycles. The smallest absolute Gasteiger partial charge is 0.273 e. The fourth-order valence-electron chi connectivity index (χ4n) is 3.05. The van der Waals surface area contributed by atoms with Gasteiger partial charge in [-0.2, -0.15) is 0 Å². The van der Waals surface area contributed by atoms with E-state index < -0.39 is 17.1 Å². The van der Waals surface area contributed by atoms with Gasteiger partial charge in [0.2, 0.25) is 0 Å². The molecule has 0 bridgehead atoms. The van der Waals surface area contributed by atoms with Crippen LogP contribution in [0, 0.1) is 5.82 Å². The molecule has 31 heavy (non-hydrogen) atoms. The third-order valence-electron chi connectivity index (χ3n) is 4.49. The van der Waals surface area contributed by atoms with Gasteiger partial charge < -0.3 is 9.84 Å². The van der Waals surface area contributed by atoms with Crippen molar-refractivity contribution in [2.45, 2.75) is 5.37 Å². The van der Waals surface area contributed by atoms with Crippen LogP contribution < -0.4 is 10.2 Å². The van der Waals surface area contributed by atoms with Crippen molar-refractivity contribution in [1.82, 2.24) is 10.4 Å². The molecule has 1 fully saturated rings. The number of nitrogens with one attached hydrogen (secondary N) is 1. The molecule has 6 nitrogen and oxygen atoms in total. The van der Waals surface area contributed by atoms with Crippen molar-refractivity contribution in [1.29, 1.82) is 0 Å². The van der Waals surface area contributed by atoms with Crippen LogP contribution in [0.1, 0.15) is 21.3 Å². The minimum atomic E-state index is -0.621. The maximum absolute atomic E-state index is 14.0. The Hall–Kier alpha value is -3.23. The lowest BCUT2D eigenvalue weighted by atomic mass is 10.2. The molecule has 0 spiro atoms. The summed E-state index contributed by atoms with van der Waals surface area (Å²) in [4.78, 5) is 25.4. The zero-order valence-corrected chi connectivity index (χ0v) is 17.5. The van der Waals surface area contributed by atoms with Crippen LogP contribution in [0.5, 0.6) is 17.2 Å². The lowest BCUT2D eigenvalue weighted by Crippen LogP contribution is -2.44. The van der Waals surface area contributed by atoms with Gasteiger partial charge >= 0.3 is 0 Å². The number of aromatic hydroxyl groups is 1. The summed E-state index contributed by atoms with van der Waals surface area (Å²) in [6.07, 6.45) is 0. The molecule has 0 aromatic heterocycles. The molecule has 1 unspecified atom stereocenters. The van der Waals surface area contributed by atoms with E-state index in [1.165, 1.54) is 65.3 Å². The Morgan fingerprint density at radius 3 is 2.71 bits per heavy atom. The van der Waals surface area contributed by atoms with E-state index in [4.69, 9.17) is 16.3 Å². The third kappa shape index (κ3) is 4.60. The quantitative estimate of drug-likeness (QED) is 0.568. The number of hydrogen-bond acceptors (Lipinski definition) is 5. The Balaban J connectivity index is 1.61. The number of para-hydroxylation sites is 1. The Bertz CT molecular complexity index is 1160. The Morgan fingerprint density at radius 2 is 1.94 bits per heavy atom. The second-order valence-electron chi connectivity index (χ2n) is 6.64. The first-order chi connectivity index (χ1) is 14.9. The fraction of sp³-hybridized carbons (Fsp3) is 0.0909. The summed E-state index contributed by atoms with van der Waals surface area (Å²) in [6, 6.07) is 16.6. The number of carbonyl (C=O) groups excluding carboxylic acids is 2. The van der Waals surface area contributed by atoms with Crippen LogP contribution in [0.3, 0.4) is 0 Å². The molecule has 1 heterocycles. The van der Waals surface area contributed by atoms with Gasteiger partial charge in [-0.1, -0.05) is 35.9 Å². The number of benzene rings is 3. The van der Waals surface area contributed by atoms with Crippen molar-refractivity contribution in [3.63, 3.8) is 0 Å². The van der Waals surface area contributed by atoms with E-state index in [2.05, 4.69) is 5.43 Å². The number of thioether (sulfide) groups is 1. The van der Waals surface area contributed by atoms with Gasteiger partial charge in [0.05, 0.1) is 11.3 Å². The molecule has 1 atom stereocenters. The van der Waals surface area contributed by atoms with E-state index in [1.54, 1.807) is 18.2 Å². The zero-order chi connectivity index (χ0) is 22.0. The number of amides is 2. The van der Waals surface area contributed by atoms with Gasteiger partial charge in [-0.05, 0) is 42.0 Å². The average Bonchev–Trinajstić information content (AvgIpc) is 3.10. The van der Waals surface area contributed by atoms with Crippen LogP contribution in [0.25, 0.3) is 0 Å². The number of phenols is 1. The maximum Gasteiger partial charge on any atom is 0.273 e. The molecular weight excluding hydrogens is 443 g/mol. The monoisotopic (exact) mass is 458 g/mol. The second kappa shape index (κ2) is 8.87. The van der Waals surface area contributed by atoms with Gasteiger partial charge in [0.1, 0.15) is 16.9 Å². The summed E-state index contributed by atoms with van der Waals surface area (Å²) >= 11 is 7.36. The average molecular weight is 459 g/mol. The van der Waals surface area contributed by atoms with Gasteiger partial charge in [-0.15, -0.1) is 11.8 Å². The highest BCUT2D eigenvalue weighted by Crippen LogP contribution is 2.38. The molecule has 1 aliphatic rings. The highest BCUT2D eigenvalue weighted by molar-refractivity contribution is 8.00. The van der Waals surface area contributed by atoms with Crippen molar-refractivity contribution in [3.05, 3.63) is 88.7 Å². The fourth-order valence-corrected chi connectivity index (χ4v) is 4.31. The Morgan fingerprint density at radius 1 is 1.13 bits per heavy atom. The predicted octanol–water partition coefficient (Wildman–Crippen LogP) is 4.90. The first-order valence-corrected chi connectivity index (χ1v) is 10.6. The van der Waals surface area contributed by atoms with E-state index in [0.717, 1.165) is 0 Å². The minimum Gasteiger partial charge on any atom is -0.508 e. The first-order valence-electron chi connectivity index (χ1n) is 9.18. The lowest BCUT2D eigenvalue weighted by molar-refractivity contribution is -0.130. The van der Waals surface area contributed by atoms with Gasteiger partial charge in [-0.25, -0.2) is 9.40 Å². The molecule has 0 aliphatic carbocycles. The van der Waals surface area contributed by atoms with Crippen molar-refractivity contribution in [2.75, 3.05) is 5.75 Å². The number of ether oxygens (including phenoxy) is 1. The van der Waals surface area contributed by atoms with Crippen LogP contribution in [0.4, 0.5) is 4.39 Å². The standard InChI is InChI=1S/C22H16ClFN2O4S/c23-14-8-9-16(19(11-14)30-18-7-2-1-6-17(18)24)21(29)25-26-20(28)12-31-22(26)13-4-3-5-15(27)10-13/h1-11,22,27H,12H2,(H,25,29). The number of carbonyl (C=O) groups is 2. The SMILES string of the molecule is O=C(NN1C(=O)CSC1c1cccc(O)c1)c1ccc(Cl)cc1Oc1ccccc1F. The predicted molar refractivity (Wildman–Crippen MR) is 116 cm³/mol. The van der Waals surface area contributed by atoms with Crippen LogP contribution in [-0.2, 0) is 4.79 Å². The van der Waals surface area contributed by atoms with E-state index in [0.29, 0.717) is 10.6 Å². The molecule has 158 valence electrons. The topological polar surface area (TPSA) is 78.9 Å². The summed E-state index contributed by atoms with van der Waals surface area (Å²) < 4.78 is 19.6. The number of nitrogens with zero attached hydrogens (tertiary/aromatic N) is 1. The molecule has 3 aromatic rings. The molecule has 1 aliphatic heterocycles. The Kier molecular flexibility index (Phi) is 6.01. The normalized spacial score (nSPS) is 15.7. The second-order valence-corrected chi connectivity index (χ2v) is 8.14. The molecule has 1 saturated heterocycles. The third-order valence-corrected chi connectivity index (χ3v) is 5.94. The van der Waals surface area contributed by atoms with Gasteiger partial charge in [0.25, 0.3) is 11.8 Å². The largest absolute Gasteiger partial charge is 0.508 e. The number of hydrazine groups is 1. The molecular formula is C22H16ClFN2O4S. The summed E-state index contributed by atoms with van der Waals surface area (Å²) in [5, 5.41) is 10.8. The number of phenolic OH excluding ortho intramolecular Hbond substituents is 1. The summed E-state index contributed by atoms with van der Waals surface area (Å²) in [5.74, 6) is -1.31. The van der Waals surface area contributed by atoms with Crippen LogP contribution in [-0.4, -0.2) is 27.7 Å². The van der Waals surface area contributed by atoms with Crippen LogP contribution in [0.15, 0.2) is 66.7 Å². The zero-order valence-electron chi connectivity index (χ0n) is 15.9. The molecule has 0 radical (unpaired) electrons. The van der Waals surface area contributed by atoms with E-state index in [9.17, 15) is 19.1 Å². The van der Waals surface area contributed by atoms with Crippen LogP contribution >= 0.6 is 23.4 Å². The Labute approximate surface area is 186 Å². The number of rotatable bonds is 5. The van der Waals surface area contributed by atoms with E-state index in [-0.39, 0.29) is 34.5 Å². The number of hydrogen-bond donors (Lipinski definition) is 2. The highest BCUT2D eigenvalue weighted by atomic mass is 35.5. The maximum atomic E-state index is 14.0. The molecule has 3 aromatic carbocycles. The minimum absolute atomic E-state index is 0.0447. The molecule has 2 amide bonds. The van der Waals surface area contributed by atoms with Crippen LogP contribution in [0.2, 0.25) is 5.02 Å². The molecule has 2 N–H and O–H groups in total. The highest BCUT2D eigenvalue weighted by Gasteiger charge is 2.35. The van der Waals surface area contributed by atoms with Gasteiger partial charge in [0, 0.05) is 11.1 Å². The summed E-state index contributed by atoms with van der Waals surface area (Å²) in [5.41, 5.74) is 3.34. The van der Waals surface area contributed by atoms with Crippen molar-refractivity contribution < 1.29 is 23.8 Å². The van der Waals surface area contributed by atoms with Gasteiger partial charge in [0.15, 0.2) is 11.6 Å². The van der Waals surface area contributed by atoms with E-state index in [1.807, 2.05) is 0 Å². The summed E-state index contributed by atoms with van der Waals surface area (Å²) in [6.45, 7) is 0. The molecule has 9 heteroatoms.